The summed E-state index contributed by atoms with van der Waals surface area (Å²) in [6.07, 6.45) is 11.3. The van der Waals surface area contributed by atoms with Crippen molar-refractivity contribution in [2.24, 2.45) is 0 Å². The van der Waals surface area contributed by atoms with E-state index in [-0.39, 0.29) is 11.6 Å². The zero-order valence-electron chi connectivity index (χ0n) is 29.9. The molecule has 1 aliphatic rings. The first kappa shape index (κ1) is 36.4. The van der Waals surface area contributed by atoms with Crippen LogP contribution in [0.2, 0.25) is 0 Å². The van der Waals surface area contributed by atoms with Crippen molar-refractivity contribution in [1.82, 2.24) is 0 Å². The first-order chi connectivity index (χ1) is 25.6. The highest BCUT2D eigenvalue weighted by Crippen LogP contribution is 2.30. The normalized spacial score (nSPS) is 15.0. The quantitative estimate of drug-likeness (QED) is 0.174. The molecule has 5 aromatic rings. The molecule has 268 valence electrons. The van der Waals surface area contributed by atoms with E-state index in [0.29, 0.717) is 71.7 Å². The fourth-order valence-electron chi connectivity index (χ4n) is 6.41. The van der Waals surface area contributed by atoms with Crippen molar-refractivity contribution in [3.63, 3.8) is 0 Å². The van der Waals surface area contributed by atoms with Gasteiger partial charge in [-0.2, -0.15) is 0 Å². The Morgan fingerprint density at radius 3 is 1.21 bits per heavy atom. The molecule has 0 N–H and O–H groups in total. The summed E-state index contributed by atoms with van der Waals surface area (Å²) in [5, 5.41) is 0. The van der Waals surface area contributed by atoms with Gasteiger partial charge in [0, 0.05) is 23.3 Å². The average Bonchev–Trinajstić information content (AvgIpc) is 3.19. The van der Waals surface area contributed by atoms with Crippen LogP contribution in [0, 0.1) is 0 Å². The Balaban J connectivity index is 1.18. The predicted octanol–water partition coefficient (Wildman–Crippen LogP) is 11.0. The topological polar surface area (TPSA) is 71.1 Å². The maximum absolute atomic E-state index is 13.4. The minimum Gasteiger partial charge on any atom is -0.493 e. The molecular weight excluding hydrogens is 649 g/mol. The third-order valence-electron chi connectivity index (χ3n) is 9.32. The molecule has 6 heteroatoms. The molecule has 6 rings (SSSR count). The van der Waals surface area contributed by atoms with Gasteiger partial charge in [0.25, 0.3) is 0 Å². The van der Waals surface area contributed by atoms with Gasteiger partial charge in [-0.05, 0) is 54.3 Å². The van der Waals surface area contributed by atoms with Gasteiger partial charge < -0.3 is 18.9 Å². The van der Waals surface area contributed by atoms with Crippen LogP contribution in [0.4, 0.5) is 0 Å². The first-order valence-electron chi connectivity index (χ1n) is 18.7. The standard InChI is InChI=1S/C46H48O6/c47-45(37-20-11-9-12-21-37)41-26-24-39-31-43(41)49-28-15-7-5-3-1-2-4-6-8-16-29-50-44-32-40(52-34-36-19-17-18-35(30-36)33-51-39)25-27-42(44)46(48)38-22-13-10-14-23-38/h9-14,17-27,30-32H,1-8,15-16,28-29,33-34H2. The minimum absolute atomic E-state index is 0.0682. The highest BCUT2D eigenvalue weighted by atomic mass is 16.5. The van der Waals surface area contributed by atoms with Crippen LogP contribution in [-0.4, -0.2) is 24.8 Å². The average molecular weight is 697 g/mol. The Labute approximate surface area is 307 Å². The molecule has 52 heavy (non-hydrogen) atoms. The van der Waals surface area contributed by atoms with Crippen molar-refractivity contribution in [3.8, 4) is 23.0 Å². The Hall–Kier alpha value is -5.36. The number of ether oxygens (including phenoxy) is 4. The van der Waals surface area contributed by atoms with Gasteiger partial charge in [0.05, 0.1) is 24.3 Å². The molecule has 1 aliphatic heterocycles. The zero-order chi connectivity index (χ0) is 35.8. The number of ketones is 2. The van der Waals surface area contributed by atoms with Gasteiger partial charge in [0.2, 0.25) is 0 Å². The van der Waals surface area contributed by atoms with Crippen LogP contribution in [-0.2, 0) is 13.2 Å². The van der Waals surface area contributed by atoms with Crippen molar-refractivity contribution in [2.45, 2.75) is 77.4 Å². The van der Waals surface area contributed by atoms with Crippen LogP contribution in [0.15, 0.2) is 121 Å². The zero-order valence-corrected chi connectivity index (χ0v) is 29.9. The SMILES string of the molecule is O=C(c1ccccc1)c1ccc2cc1OCCCCCCCCCCCCOc1cc(ccc1C(=O)c1ccccc1)OCc1cccc(c1)CO2. The van der Waals surface area contributed by atoms with E-state index in [0.717, 1.165) is 36.8 Å². The van der Waals surface area contributed by atoms with E-state index in [9.17, 15) is 9.59 Å². The largest absolute Gasteiger partial charge is 0.493 e. The number of carbonyl (C=O) groups is 2. The summed E-state index contributed by atoms with van der Waals surface area (Å²) in [6, 6.07) is 37.6. The lowest BCUT2D eigenvalue weighted by Gasteiger charge is -2.15. The second-order valence-electron chi connectivity index (χ2n) is 13.3. The molecule has 6 nitrogen and oxygen atoms in total. The van der Waals surface area contributed by atoms with Crippen LogP contribution >= 0.6 is 0 Å². The molecule has 0 radical (unpaired) electrons. The van der Waals surface area contributed by atoms with Gasteiger partial charge in [-0.15, -0.1) is 0 Å². The van der Waals surface area contributed by atoms with Crippen LogP contribution in [0.5, 0.6) is 23.0 Å². The summed E-state index contributed by atoms with van der Waals surface area (Å²) >= 11 is 0. The molecular formula is C46H48O6. The van der Waals surface area contributed by atoms with E-state index < -0.39 is 0 Å². The van der Waals surface area contributed by atoms with E-state index in [1.165, 1.54) is 38.5 Å². The second kappa shape index (κ2) is 19.3. The van der Waals surface area contributed by atoms with E-state index in [4.69, 9.17) is 18.9 Å². The van der Waals surface area contributed by atoms with E-state index in [1.807, 2.05) is 103 Å². The fourth-order valence-corrected chi connectivity index (χ4v) is 6.41. The van der Waals surface area contributed by atoms with Gasteiger partial charge in [0.15, 0.2) is 11.6 Å². The fraction of sp³-hybridized carbons (Fsp3) is 0.304. The lowest BCUT2D eigenvalue weighted by Crippen LogP contribution is -2.07. The molecule has 6 bridgehead atoms. The lowest BCUT2D eigenvalue weighted by atomic mass is 10.0. The van der Waals surface area contributed by atoms with E-state index in [2.05, 4.69) is 6.07 Å². The Morgan fingerprint density at radius 2 is 0.788 bits per heavy atom. The maximum atomic E-state index is 13.4. The summed E-state index contributed by atoms with van der Waals surface area (Å²) in [5.74, 6) is 2.23. The van der Waals surface area contributed by atoms with Crippen LogP contribution in [0.1, 0.15) is 107 Å². The van der Waals surface area contributed by atoms with Gasteiger partial charge in [-0.1, -0.05) is 130 Å². The van der Waals surface area contributed by atoms with Crippen LogP contribution in [0.25, 0.3) is 0 Å². The van der Waals surface area contributed by atoms with Crippen molar-refractivity contribution in [3.05, 3.63) is 155 Å². The van der Waals surface area contributed by atoms with Gasteiger partial charge in [0.1, 0.15) is 36.2 Å². The van der Waals surface area contributed by atoms with Crippen molar-refractivity contribution < 1.29 is 28.5 Å². The molecule has 0 spiro atoms. The molecule has 0 saturated carbocycles. The van der Waals surface area contributed by atoms with E-state index in [1.54, 1.807) is 12.1 Å². The molecule has 0 atom stereocenters. The van der Waals surface area contributed by atoms with Crippen LogP contribution < -0.4 is 18.9 Å². The maximum Gasteiger partial charge on any atom is 0.196 e. The van der Waals surface area contributed by atoms with Crippen molar-refractivity contribution in [1.29, 1.82) is 0 Å². The molecule has 0 saturated heterocycles. The highest BCUT2D eigenvalue weighted by molar-refractivity contribution is 6.11. The van der Waals surface area contributed by atoms with Crippen LogP contribution in [0.3, 0.4) is 0 Å². The molecule has 1 heterocycles. The number of hydrogen-bond donors (Lipinski definition) is 0. The summed E-state index contributed by atoms with van der Waals surface area (Å²) in [7, 11) is 0. The third-order valence-corrected chi connectivity index (χ3v) is 9.32. The molecule has 0 unspecified atom stereocenters. The molecule has 0 aliphatic carbocycles. The summed E-state index contributed by atoms with van der Waals surface area (Å²) in [6.45, 7) is 1.78. The number of carbonyl (C=O) groups excluding carboxylic acids is 2. The highest BCUT2D eigenvalue weighted by Gasteiger charge is 2.18. The monoisotopic (exact) mass is 696 g/mol. The van der Waals surface area contributed by atoms with Gasteiger partial charge >= 0.3 is 0 Å². The molecule has 0 aromatic heterocycles. The third kappa shape index (κ3) is 10.6. The summed E-state index contributed by atoms with van der Waals surface area (Å²) < 4.78 is 24.9. The number of rotatable bonds is 4. The van der Waals surface area contributed by atoms with Crippen molar-refractivity contribution in [2.75, 3.05) is 13.2 Å². The summed E-state index contributed by atoms with van der Waals surface area (Å²) in [5.41, 5.74) is 4.29. The van der Waals surface area contributed by atoms with Crippen molar-refractivity contribution >= 4 is 11.6 Å². The molecule has 5 aromatic carbocycles. The smallest absolute Gasteiger partial charge is 0.196 e. The lowest BCUT2D eigenvalue weighted by molar-refractivity contribution is 0.102. The Kier molecular flexibility index (Phi) is 13.5. The second-order valence-corrected chi connectivity index (χ2v) is 13.3. The predicted molar refractivity (Wildman–Crippen MR) is 205 cm³/mol. The number of benzene rings is 5. The Bertz CT molecular complexity index is 1750. The summed E-state index contributed by atoms with van der Waals surface area (Å²) in [4.78, 5) is 26.9. The number of hydrogen-bond acceptors (Lipinski definition) is 6. The van der Waals surface area contributed by atoms with Gasteiger partial charge in [-0.3, -0.25) is 9.59 Å². The number of fused-ring (bicyclic) bond motifs is 6. The Morgan fingerprint density at radius 1 is 0.385 bits per heavy atom. The molecule has 0 fully saturated rings. The first-order valence-corrected chi connectivity index (χ1v) is 18.7. The van der Waals surface area contributed by atoms with Gasteiger partial charge in [-0.25, -0.2) is 0 Å². The van der Waals surface area contributed by atoms with E-state index >= 15 is 0 Å². The molecule has 0 amide bonds. The minimum atomic E-state index is -0.0682.